The molecule has 3 nitrogen and oxygen atoms in total. The van der Waals surface area contributed by atoms with Crippen molar-refractivity contribution < 1.29 is 33.1 Å². The van der Waals surface area contributed by atoms with Crippen LogP contribution in [0.5, 0.6) is 5.75 Å². The Bertz CT molecular complexity index is 700. The smallest absolute Gasteiger partial charge is 0.491 e. The van der Waals surface area contributed by atoms with E-state index in [0.29, 0.717) is 21.8 Å². The number of methoxy groups -OCH3 is 1. The van der Waals surface area contributed by atoms with Crippen LogP contribution in [0.4, 0.5) is 0 Å². The predicted molar refractivity (Wildman–Crippen MR) is 100 cm³/mol. The molecule has 5 heteroatoms. The van der Waals surface area contributed by atoms with Crippen molar-refractivity contribution in [3.63, 3.8) is 0 Å². The van der Waals surface area contributed by atoms with E-state index in [2.05, 4.69) is 27.7 Å². The van der Waals surface area contributed by atoms with E-state index in [0.717, 1.165) is 38.9 Å². The number of carbonyl (C=O) groups is 1. The van der Waals surface area contributed by atoms with Crippen LogP contribution >= 0.6 is 8.58 Å². The van der Waals surface area contributed by atoms with E-state index in [-0.39, 0.29) is 24.4 Å². The van der Waals surface area contributed by atoms with Gasteiger partial charge in [0.25, 0.3) is 0 Å². The predicted octanol–water partition coefficient (Wildman–Crippen LogP) is 1.36. The second kappa shape index (κ2) is 10.1. The summed E-state index contributed by atoms with van der Waals surface area (Å²) in [5.41, 5.74) is 5.30. The van der Waals surface area contributed by atoms with E-state index in [1.54, 1.807) is 7.11 Å². The average Bonchev–Trinajstić information content (AvgIpc) is 2.60. The molecule has 0 saturated carbocycles. The Hall–Kier alpha value is -1.10. The molecule has 128 valence electrons. The number of hydrogen-bond acceptors (Lipinski definition) is 3. The zero-order valence-electron chi connectivity index (χ0n) is 16.0. The second-order valence-electron chi connectivity index (χ2n) is 5.80. The molecule has 2 aromatic carbocycles. The summed E-state index contributed by atoms with van der Waals surface area (Å²) < 4.78 is 11.0. The summed E-state index contributed by atoms with van der Waals surface area (Å²) in [6.45, 7) is 9.31. The van der Waals surface area contributed by atoms with Crippen LogP contribution in [0.2, 0.25) is 0 Å². The van der Waals surface area contributed by atoms with Gasteiger partial charge in [0.05, 0.1) is 6.61 Å². The average molecular weight is 350 g/mol. The van der Waals surface area contributed by atoms with Crippen molar-refractivity contribution in [1.29, 1.82) is 0 Å². The van der Waals surface area contributed by atoms with Gasteiger partial charge in [0.2, 0.25) is 0 Å². The van der Waals surface area contributed by atoms with Gasteiger partial charge < -0.3 is 22.8 Å². The summed E-state index contributed by atoms with van der Waals surface area (Å²) in [5, 5.41) is 1.08. The second-order valence-corrected chi connectivity index (χ2v) is 6.88. The van der Waals surface area contributed by atoms with E-state index in [1.807, 2.05) is 30.3 Å². The molecule has 0 heterocycles. The third-order valence-corrected chi connectivity index (χ3v) is 5.64. The van der Waals surface area contributed by atoms with E-state index >= 15 is 0 Å². The van der Waals surface area contributed by atoms with E-state index in [1.165, 1.54) is 0 Å². The quantitative estimate of drug-likeness (QED) is 0.430. The van der Waals surface area contributed by atoms with Crippen molar-refractivity contribution in [1.82, 2.24) is 0 Å². The maximum Gasteiger partial charge on any atom is 1.00 e. The summed E-state index contributed by atoms with van der Waals surface area (Å²) in [6, 6.07) is 9.44. The van der Waals surface area contributed by atoms with E-state index < -0.39 is 0 Å². The molecule has 0 aliphatic carbocycles. The van der Waals surface area contributed by atoms with Crippen LogP contribution < -0.4 is 28.9 Å². The Balaban J connectivity index is 0.00000312. The summed E-state index contributed by atoms with van der Waals surface area (Å²) in [6.07, 6.45) is 0. The fourth-order valence-corrected chi connectivity index (χ4v) is 3.77. The van der Waals surface area contributed by atoms with Crippen LogP contribution in [-0.2, 0) is 4.74 Å². The van der Waals surface area contributed by atoms with Crippen molar-refractivity contribution in [3.05, 3.63) is 58.1 Å². The molecule has 0 aliphatic heterocycles. The van der Waals surface area contributed by atoms with Gasteiger partial charge in [-0.05, 0) is 44.4 Å². The molecule has 0 saturated heterocycles. The molecule has 0 unspecified atom stereocenters. The first-order chi connectivity index (χ1) is 11.5. The normalized spacial score (nSPS) is 10.8. The number of benzene rings is 2. The monoisotopic (exact) mass is 350 g/mol. The van der Waals surface area contributed by atoms with Crippen LogP contribution in [0.15, 0.2) is 30.3 Å². The molecule has 2 rings (SSSR count). The largest absolute Gasteiger partial charge is 1.00 e. The third-order valence-electron chi connectivity index (χ3n) is 4.28. The molecule has 25 heavy (non-hydrogen) atoms. The molecule has 0 N–H and O–H groups in total. The Labute approximate surface area is 164 Å². The summed E-state index contributed by atoms with van der Waals surface area (Å²) in [5.74, 6) is 0.910. The van der Waals surface area contributed by atoms with Crippen LogP contribution in [0.1, 0.15) is 32.6 Å². The van der Waals surface area contributed by atoms with Gasteiger partial charge in [-0.3, -0.25) is 0 Å². The van der Waals surface area contributed by atoms with Gasteiger partial charge in [0.15, 0.2) is 0 Å². The maximum absolute atomic E-state index is 12.6. The van der Waals surface area contributed by atoms with Gasteiger partial charge in [-0.15, -0.1) is 0 Å². The number of ether oxygens (including phenoxy) is 2. The Morgan fingerprint density at radius 2 is 1.48 bits per heavy atom. The topological polar surface area (TPSA) is 35.5 Å². The molecular formula is C20H24LiO3P. The zero-order valence-corrected chi connectivity index (χ0v) is 16.9. The summed E-state index contributed by atoms with van der Waals surface area (Å²) in [7, 11) is 2.37. The third kappa shape index (κ3) is 5.19. The molecule has 0 radical (unpaired) electrons. The minimum Gasteiger partial charge on any atom is -0.491 e. The van der Waals surface area contributed by atoms with Crippen LogP contribution in [-0.4, -0.2) is 25.8 Å². The SMILES string of the molecule is COCCOc1c(C)c(C)c([P-]C(=O)c2ccccc2)c(C)c1C.[Li+]. The van der Waals surface area contributed by atoms with Crippen molar-refractivity contribution in [2.75, 3.05) is 20.3 Å². The number of rotatable bonds is 7. The maximum atomic E-state index is 12.6. The molecule has 0 bridgehead atoms. The van der Waals surface area contributed by atoms with Crippen LogP contribution in [0, 0.1) is 27.7 Å². The van der Waals surface area contributed by atoms with E-state index in [4.69, 9.17) is 9.47 Å². The Morgan fingerprint density at radius 3 is 2.00 bits per heavy atom. The van der Waals surface area contributed by atoms with Crippen molar-refractivity contribution >= 4 is 19.4 Å². The van der Waals surface area contributed by atoms with Gasteiger partial charge in [0.1, 0.15) is 12.4 Å². The van der Waals surface area contributed by atoms with Gasteiger partial charge >= 0.3 is 18.9 Å². The van der Waals surface area contributed by atoms with Crippen LogP contribution in [0.25, 0.3) is 0 Å². The van der Waals surface area contributed by atoms with Gasteiger partial charge in [0, 0.05) is 12.6 Å². The van der Waals surface area contributed by atoms with Crippen LogP contribution in [0.3, 0.4) is 0 Å². The standard InChI is InChI=1S/C20H24O3P.Li/c1-13-15(3)19(24-20(21)17-9-7-6-8-10-17)16(4)14(2)18(13)23-12-11-22-5;/h6-10H,11-12H2,1-5H3;/q-1;+1. The van der Waals surface area contributed by atoms with Crippen molar-refractivity contribution in [3.8, 4) is 5.75 Å². The molecule has 0 amide bonds. The minimum atomic E-state index is 0. The first-order valence-electron chi connectivity index (χ1n) is 8.00. The fourth-order valence-electron chi connectivity index (χ4n) is 2.62. The number of carbonyl (C=O) groups excluding carboxylic acids is 1. The molecule has 0 fully saturated rings. The van der Waals surface area contributed by atoms with Gasteiger partial charge in [-0.2, -0.15) is 5.30 Å². The molecule has 0 aromatic heterocycles. The zero-order chi connectivity index (χ0) is 17.7. The molecular weight excluding hydrogens is 326 g/mol. The summed E-state index contributed by atoms with van der Waals surface area (Å²) in [4.78, 5) is 12.6. The first-order valence-corrected chi connectivity index (χ1v) is 8.90. The minimum absolute atomic E-state index is 0. The van der Waals surface area contributed by atoms with Crippen molar-refractivity contribution in [2.24, 2.45) is 0 Å². The molecule has 0 atom stereocenters. The summed E-state index contributed by atoms with van der Waals surface area (Å²) >= 11 is 0. The fraction of sp³-hybridized carbons (Fsp3) is 0.350. The number of hydrogen-bond donors (Lipinski definition) is 0. The van der Waals surface area contributed by atoms with Crippen molar-refractivity contribution in [2.45, 2.75) is 27.7 Å². The molecule has 0 spiro atoms. The molecule has 0 aliphatic rings. The Morgan fingerprint density at radius 1 is 0.920 bits per heavy atom. The molecule has 2 aromatic rings. The first kappa shape index (κ1) is 21.9. The van der Waals surface area contributed by atoms with Gasteiger partial charge in [-0.1, -0.05) is 41.5 Å². The Kier molecular flexibility index (Phi) is 8.90. The van der Waals surface area contributed by atoms with E-state index in [9.17, 15) is 4.79 Å². The van der Waals surface area contributed by atoms with Gasteiger partial charge in [-0.25, -0.2) is 0 Å².